The predicted molar refractivity (Wildman–Crippen MR) is 48.5 cm³/mol. The second kappa shape index (κ2) is 2.85. The van der Waals surface area contributed by atoms with Crippen molar-refractivity contribution in [1.29, 1.82) is 0 Å². The predicted octanol–water partition coefficient (Wildman–Crippen LogP) is 1.31. The fraction of sp³-hybridized carbons (Fsp3) is 0.222. The van der Waals surface area contributed by atoms with Crippen LogP contribution in [0.2, 0.25) is 0 Å². The third kappa shape index (κ3) is 1.25. The quantitative estimate of drug-likeness (QED) is 0.673. The molecule has 0 radical (unpaired) electrons. The molecule has 1 N–H and O–H groups in total. The van der Waals surface area contributed by atoms with Gasteiger partial charge in [-0.05, 0) is 12.1 Å². The molecule has 1 fully saturated rings. The Morgan fingerprint density at radius 3 is 3.08 bits per heavy atom. The van der Waals surface area contributed by atoms with E-state index in [4.69, 9.17) is 0 Å². The summed E-state index contributed by atoms with van der Waals surface area (Å²) >= 11 is 0. The number of anilines is 1. The van der Waals surface area contributed by atoms with Crippen molar-refractivity contribution in [2.75, 3.05) is 11.6 Å². The van der Waals surface area contributed by atoms with E-state index in [0.717, 1.165) is 24.4 Å². The zero-order valence-corrected chi connectivity index (χ0v) is 6.83. The molecule has 0 atom stereocenters. The largest absolute Gasteiger partial charge is 0.303 e. The van der Waals surface area contributed by atoms with E-state index < -0.39 is 0 Å². The summed E-state index contributed by atoms with van der Waals surface area (Å²) in [6, 6.07) is 3.96. The molecule has 3 nitrogen and oxygen atoms in total. The molecule has 0 bridgehead atoms. The molecule has 1 saturated heterocycles. The monoisotopic (exact) mass is 161 g/mol. The Bertz CT molecular complexity index is 281. The summed E-state index contributed by atoms with van der Waals surface area (Å²) < 4.78 is 0. The minimum atomic E-state index is 0.977. The summed E-state index contributed by atoms with van der Waals surface area (Å²) in [5.74, 6) is 0. The van der Waals surface area contributed by atoms with Crippen LogP contribution in [-0.2, 0) is 0 Å². The number of hydrazine groups is 1. The number of aromatic nitrogens is 1. The lowest BCUT2D eigenvalue weighted by atomic mass is 10.3. The molecule has 12 heavy (non-hydrogen) atoms. The number of rotatable bonds is 1. The number of nitrogens with zero attached hydrogens (tertiary/aromatic N) is 2. The van der Waals surface area contributed by atoms with Crippen molar-refractivity contribution in [3.63, 3.8) is 0 Å². The van der Waals surface area contributed by atoms with Crippen molar-refractivity contribution in [1.82, 2.24) is 10.4 Å². The highest BCUT2D eigenvalue weighted by Crippen LogP contribution is 2.16. The summed E-state index contributed by atoms with van der Waals surface area (Å²) in [5, 5.41) is 2.05. The van der Waals surface area contributed by atoms with Gasteiger partial charge in [0.1, 0.15) is 0 Å². The maximum Gasteiger partial charge on any atom is 0.0755 e. The van der Waals surface area contributed by atoms with E-state index in [-0.39, 0.29) is 0 Å². The molecule has 0 spiro atoms. The standard InChI is InChI=1S/C9H11N3/c1-8-4-6-12(11-8)9-3-2-5-10-7-9/h2-3,5,7,11H,1,4,6H2. The minimum absolute atomic E-state index is 0.977. The summed E-state index contributed by atoms with van der Waals surface area (Å²) in [7, 11) is 0. The highest BCUT2D eigenvalue weighted by Gasteiger charge is 2.13. The first-order chi connectivity index (χ1) is 5.86. The van der Waals surface area contributed by atoms with E-state index in [9.17, 15) is 0 Å². The zero-order chi connectivity index (χ0) is 8.39. The molecule has 0 aliphatic carbocycles. The molecule has 0 aromatic carbocycles. The van der Waals surface area contributed by atoms with Gasteiger partial charge in [0.05, 0.1) is 11.9 Å². The molecule has 1 aliphatic heterocycles. The van der Waals surface area contributed by atoms with Crippen LogP contribution in [0.25, 0.3) is 0 Å². The Hall–Kier alpha value is -1.51. The molecule has 0 unspecified atom stereocenters. The molecule has 2 heterocycles. The second-order valence-corrected chi connectivity index (χ2v) is 2.83. The van der Waals surface area contributed by atoms with Gasteiger partial charge in [0.15, 0.2) is 0 Å². The van der Waals surface area contributed by atoms with E-state index in [0.29, 0.717) is 0 Å². The van der Waals surface area contributed by atoms with Crippen molar-refractivity contribution in [3.05, 3.63) is 36.8 Å². The molecule has 0 saturated carbocycles. The maximum absolute atomic E-state index is 4.04. The molecule has 1 aromatic rings. The van der Waals surface area contributed by atoms with Crippen molar-refractivity contribution in [2.24, 2.45) is 0 Å². The fourth-order valence-electron chi connectivity index (χ4n) is 1.26. The van der Waals surface area contributed by atoms with E-state index >= 15 is 0 Å². The van der Waals surface area contributed by atoms with Crippen LogP contribution in [0.15, 0.2) is 36.8 Å². The van der Waals surface area contributed by atoms with Crippen molar-refractivity contribution < 1.29 is 0 Å². The van der Waals surface area contributed by atoms with Gasteiger partial charge < -0.3 is 5.43 Å². The van der Waals surface area contributed by atoms with Crippen molar-refractivity contribution >= 4 is 5.69 Å². The Morgan fingerprint density at radius 2 is 2.50 bits per heavy atom. The molecule has 62 valence electrons. The van der Waals surface area contributed by atoms with Gasteiger partial charge in [0, 0.05) is 24.9 Å². The lowest BCUT2D eigenvalue weighted by Gasteiger charge is -2.17. The van der Waals surface area contributed by atoms with Gasteiger partial charge in [-0.25, -0.2) is 0 Å². The Morgan fingerprint density at radius 1 is 1.58 bits per heavy atom. The van der Waals surface area contributed by atoms with Gasteiger partial charge in [-0.1, -0.05) is 6.58 Å². The lowest BCUT2D eigenvalue weighted by molar-refractivity contribution is 0.832. The molecule has 1 aliphatic rings. The van der Waals surface area contributed by atoms with E-state index in [1.807, 2.05) is 18.3 Å². The van der Waals surface area contributed by atoms with Gasteiger partial charge in [-0.15, -0.1) is 0 Å². The highest BCUT2D eigenvalue weighted by molar-refractivity contribution is 5.44. The number of pyridine rings is 1. The van der Waals surface area contributed by atoms with Crippen molar-refractivity contribution in [2.45, 2.75) is 6.42 Å². The van der Waals surface area contributed by atoms with Crippen LogP contribution in [0.4, 0.5) is 5.69 Å². The first-order valence-corrected chi connectivity index (χ1v) is 3.98. The molecular weight excluding hydrogens is 150 g/mol. The van der Waals surface area contributed by atoms with Crippen LogP contribution >= 0.6 is 0 Å². The topological polar surface area (TPSA) is 28.2 Å². The third-order valence-electron chi connectivity index (χ3n) is 1.89. The summed E-state index contributed by atoms with van der Waals surface area (Å²) in [4.78, 5) is 4.04. The average Bonchev–Trinajstić information content (AvgIpc) is 2.54. The van der Waals surface area contributed by atoms with Crippen LogP contribution in [0.5, 0.6) is 0 Å². The summed E-state index contributed by atoms with van der Waals surface area (Å²) in [5.41, 5.74) is 5.33. The maximum atomic E-state index is 4.04. The molecule has 1 aromatic heterocycles. The first-order valence-electron chi connectivity index (χ1n) is 3.98. The van der Waals surface area contributed by atoms with Crippen LogP contribution in [0, 0.1) is 0 Å². The normalized spacial score (nSPS) is 16.3. The zero-order valence-electron chi connectivity index (χ0n) is 6.83. The lowest BCUT2D eigenvalue weighted by Crippen LogP contribution is -2.29. The second-order valence-electron chi connectivity index (χ2n) is 2.83. The molecule has 0 amide bonds. The smallest absolute Gasteiger partial charge is 0.0755 e. The van der Waals surface area contributed by atoms with Gasteiger partial charge in [-0.3, -0.25) is 9.99 Å². The Balaban J connectivity index is 2.16. The van der Waals surface area contributed by atoms with Crippen LogP contribution in [0.1, 0.15) is 6.42 Å². The van der Waals surface area contributed by atoms with Crippen LogP contribution < -0.4 is 10.4 Å². The molecule has 3 heteroatoms. The first kappa shape index (κ1) is 7.16. The average molecular weight is 161 g/mol. The third-order valence-corrected chi connectivity index (χ3v) is 1.89. The minimum Gasteiger partial charge on any atom is -0.303 e. The van der Waals surface area contributed by atoms with Crippen LogP contribution in [-0.4, -0.2) is 11.5 Å². The van der Waals surface area contributed by atoms with E-state index in [1.165, 1.54) is 0 Å². The van der Waals surface area contributed by atoms with Gasteiger partial charge in [-0.2, -0.15) is 0 Å². The summed E-state index contributed by atoms with van der Waals surface area (Å²) in [6.45, 7) is 4.83. The Kier molecular flexibility index (Phi) is 1.70. The SMILES string of the molecule is C=C1CCN(c2cccnc2)N1. The Labute approximate surface area is 71.7 Å². The summed E-state index contributed by atoms with van der Waals surface area (Å²) in [6.07, 6.45) is 4.62. The van der Waals surface area contributed by atoms with Crippen molar-refractivity contribution in [3.8, 4) is 0 Å². The van der Waals surface area contributed by atoms with Gasteiger partial charge in [0.25, 0.3) is 0 Å². The van der Waals surface area contributed by atoms with Gasteiger partial charge in [0.2, 0.25) is 0 Å². The van der Waals surface area contributed by atoms with E-state index in [1.54, 1.807) is 6.20 Å². The number of hydrogen-bond acceptors (Lipinski definition) is 3. The van der Waals surface area contributed by atoms with Gasteiger partial charge >= 0.3 is 0 Å². The fourth-order valence-corrected chi connectivity index (χ4v) is 1.26. The van der Waals surface area contributed by atoms with E-state index in [2.05, 4.69) is 22.0 Å². The van der Waals surface area contributed by atoms with Crippen LogP contribution in [0.3, 0.4) is 0 Å². The molecule has 2 rings (SSSR count). The molecular formula is C9H11N3. The number of hydrogen-bond donors (Lipinski definition) is 1. The number of nitrogens with one attached hydrogen (secondary N) is 1. The highest BCUT2D eigenvalue weighted by atomic mass is 15.5.